The molecular formula is C91H118N22S. The number of aryl methyl sites for hydroxylation is 1. The second-order valence-electron chi connectivity index (χ2n) is 34.6. The van der Waals surface area contributed by atoms with Crippen molar-refractivity contribution in [2.24, 2.45) is 0 Å². The lowest BCUT2D eigenvalue weighted by Crippen LogP contribution is -2.46. The van der Waals surface area contributed by atoms with Crippen molar-refractivity contribution in [1.29, 1.82) is 0 Å². The third kappa shape index (κ3) is 15.7. The van der Waals surface area contributed by atoms with Gasteiger partial charge in [-0.05, 0) is 162 Å². The zero-order valence-electron chi connectivity index (χ0n) is 67.5. The molecule has 11 aromatic rings. The van der Waals surface area contributed by atoms with Crippen LogP contribution in [-0.4, -0.2) is 241 Å². The molecule has 8 fully saturated rings. The Labute approximate surface area is 677 Å². The quantitative estimate of drug-likeness (QED) is 0.121. The molecule has 0 atom stereocenters. The zero-order valence-corrected chi connectivity index (χ0v) is 68.3. The van der Waals surface area contributed by atoms with Crippen LogP contribution in [0.25, 0.3) is 44.1 Å². The van der Waals surface area contributed by atoms with E-state index in [1.807, 2.05) is 12.4 Å². The first-order valence-electron chi connectivity index (χ1n) is 44.2. The number of piperidine rings is 1. The van der Waals surface area contributed by atoms with Gasteiger partial charge in [0.1, 0.15) is 29.1 Å². The number of hydrogen-bond donors (Lipinski definition) is 0. The fourth-order valence-electron chi connectivity index (χ4n) is 20.3. The van der Waals surface area contributed by atoms with Crippen molar-refractivity contribution in [2.75, 3.05) is 178 Å². The van der Waals surface area contributed by atoms with Gasteiger partial charge in [0.15, 0.2) is 5.13 Å². The monoisotopic (exact) mass is 1550 g/mol. The van der Waals surface area contributed by atoms with Gasteiger partial charge in [0, 0.05) is 272 Å². The first kappa shape index (κ1) is 74.0. The van der Waals surface area contributed by atoms with Crippen LogP contribution in [0.5, 0.6) is 0 Å². The number of benzene rings is 5. The summed E-state index contributed by atoms with van der Waals surface area (Å²) < 4.78 is 9.89. The maximum Gasteiger partial charge on any atom is 0.185 e. The molecule has 598 valence electrons. The van der Waals surface area contributed by atoms with Crippen molar-refractivity contribution >= 4 is 94.9 Å². The lowest BCUT2D eigenvalue weighted by molar-refractivity contribution is 0.130. The molecule has 0 unspecified atom stereocenters. The molecule has 23 rings (SSSR count). The molecule has 6 aromatic heterocycles. The molecule has 0 spiro atoms. The van der Waals surface area contributed by atoms with E-state index in [1.54, 1.807) is 23.7 Å². The summed E-state index contributed by atoms with van der Waals surface area (Å²) in [4.78, 5) is 61.3. The molecule has 114 heavy (non-hydrogen) atoms. The van der Waals surface area contributed by atoms with E-state index in [1.165, 1.54) is 239 Å². The molecule has 5 aromatic carbocycles. The summed E-state index contributed by atoms with van der Waals surface area (Å²) in [6, 6.07) is 39.9. The average molecular weight is 1550 g/mol. The van der Waals surface area contributed by atoms with E-state index in [0.29, 0.717) is 0 Å². The Kier molecular flexibility index (Phi) is 21.7. The van der Waals surface area contributed by atoms with Crippen molar-refractivity contribution in [1.82, 2.24) is 72.8 Å². The highest BCUT2D eigenvalue weighted by Gasteiger charge is 2.34. The fraction of sp³-hybridized carbons (Fsp3) is 0.549. The number of rotatable bonds is 11. The van der Waals surface area contributed by atoms with E-state index in [0.717, 1.165) is 190 Å². The predicted octanol–water partition coefficient (Wildman–Crippen LogP) is 13.3. The van der Waals surface area contributed by atoms with Crippen molar-refractivity contribution in [3.8, 4) is 0 Å². The molecule has 12 aliphatic rings. The Morgan fingerprint density at radius 2 is 0.623 bits per heavy atom. The van der Waals surface area contributed by atoms with Crippen LogP contribution in [0.2, 0.25) is 0 Å². The molecule has 0 radical (unpaired) electrons. The van der Waals surface area contributed by atoms with Crippen LogP contribution in [0.4, 0.5) is 39.4 Å². The average Bonchev–Trinajstić information content (AvgIpc) is 1.64. The summed E-state index contributed by atoms with van der Waals surface area (Å²) in [6.07, 6.45) is 32.4. The second-order valence-corrected chi connectivity index (χ2v) is 35.5. The van der Waals surface area contributed by atoms with Gasteiger partial charge in [0.2, 0.25) is 0 Å². The topological polar surface area (TPSA) is 146 Å². The molecule has 8 aliphatic heterocycles. The largest absolute Gasteiger partial charge is 0.371 e. The molecule has 0 bridgehead atoms. The van der Waals surface area contributed by atoms with Gasteiger partial charge in [-0.2, -0.15) is 0 Å². The Hall–Kier alpha value is -8.87. The maximum atomic E-state index is 5.08. The van der Waals surface area contributed by atoms with Gasteiger partial charge in [-0.25, -0.2) is 29.9 Å². The highest BCUT2D eigenvalue weighted by Crippen LogP contribution is 2.36. The standard InChI is InChI=1S/C26H33N5.C23H29N7.C22H28N6S.C20H28N4/c1-20-5-7-22(8-6-20)29-13-15-30(16-14-29)23-9-10-25-24(19-23)27-26-11-12-28(17-18-31(25)26)21-3-2-4-21;1-2-18(3-1)27-9-6-22-26-20-16-19(4-5-21(20)30(22)15-14-27)28-10-12-29(13-11-28)23-17-24-7-8-25-23;1-2-17(3-1)25-8-6-21-24-19-16-18(4-5-20(19)28(21)14-13-25)26-9-11-27(12-10-26)22-23-7-15-29-22;1-2-10-22(11-3-1)17-7-8-19-18(15-17)21-20-9-12-23(13-14-24(19)20)16-5-4-6-16/h5-10,19,21H,2-4,11-18H2,1H3;4-5,7-8,16-18H,1-3,6,9-15H2;4-5,7,15-17H,1-3,6,8-14H2;7-8,15-16H,1-6,9-14H2. The number of nitrogens with zero attached hydrogens (tertiary/aromatic N) is 22. The van der Waals surface area contributed by atoms with Crippen molar-refractivity contribution in [3.63, 3.8) is 0 Å². The number of hydrogen-bond acceptors (Lipinski definition) is 19. The summed E-state index contributed by atoms with van der Waals surface area (Å²) >= 11 is 1.73. The summed E-state index contributed by atoms with van der Waals surface area (Å²) in [5, 5.41) is 3.21. The molecule has 0 amide bonds. The van der Waals surface area contributed by atoms with Crippen molar-refractivity contribution < 1.29 is 0 Å². The van der Waals surface area contributed by atoms with Crippen LogP contribution >= 0.6 is 11.3 Å². The van der Waals surface area contributed by atoms with Gasteiger partial charge < -0.3 is 52.6 Å². The smallest absolute Gasteiger partial charge is 0.185 e. The first-order valence-corrected chi connectivity index (χ1v) is 45.1. The lowest BCUT2D eigenvalue weighted by Gasteiger charge is -2.37. The van der Waals surface area contributed by atoms with Gasteiger partial charge in [-0.15, -0.1) is 11.3 Å². The maximum absolute atomic E-state index is 5.08. The minimum atomic E-state index is 0.827. The summed E-state index contributed by atoms with van der Waals surface area (Å²) in [7, 11) is 0. The predicted molar refractivity (Wildman–Crippen MR) is 465 cm³/mol. The molecular weight excluding hydrogens is 1430 g/mol. The summed E-state index contributed by atoms with van der Waals surface area (Å²) in [5.41, 5.74) is 17.9. The minimum Gasteiger partial charge on any atom is -0.371 e. The zero-order chi connectivity index (χ0) is 75.8. The fourth-order valence-corrected chi connectivity index (χ4v) is 21.0. The molecule has 22 nitrogen and oxygen atoms in total. The SMILES string of the molecule is Cc1ccc(N2CCN(c3ccc4c(c3)nc3n4CCN(C4CCC4)CC3)CC2)cc1.c1cc2c(cc1N1CCCCC1)nc1n2CCN(C2CCC2)CC1.c1cnc(N2CCN(c3ccc4c(c3)nc3n4CCN(C4CCC4)CC3)CC2)cn1.c1csc(N2CCN(c3ccc4c(c3)nc3n4CCN(C4CCC4)CC3)CC2)n1. The number of piperazine rings is 3. The molecule has 23 heteroatoms. The van der Waals surface area contributed by atoms with Crippen LogP contribution in [0.1, 0.15) is 125 Å². The van der Waals surface area contributed by atoms with Crippen LogP contribution in [-0.2, 0) is 51.9 Å². The molecule has 4 saturated heterocycles. The van der Waals surface area contributed by atoms with Crippen molar-refractivity contribution in [2.45, 2.75) is 179 Å². The minimum absolute atomic E-state index is 0.827. The van der Waals surface area contributed by atoms with Gasteiger partial charge in [0.25, 0.3) is 0 Å². The van der Waals surface area contributed by atoms with Gasteiger partial charge >= 0.3 is 0 Å². The van der Waals surface area contributed by atoms with Crippen molar-refractivity contribution in [3.05, 3.63) is 156 Å². The van der Waals surface area contributed by atoms with Gasteiger partial charge in [-0.1, -0.05) is 43.4 Å². The number of thiazole rings is 1. The first-order chi connectivity index (χ1) is 56.3. The van der Waals surface area contributed by atoms with Gasteiger partial charge in [0.05, 0.1) is 50.3 Å². The van der Waals surface area contributed by atoms with E-state index in [9.17, 15) is 0 Å². The third-order valence-corrected chi connectivity index (χ3v) is 29.0. The third-order valence-electron chi connectivity index (χ3n) is 28.2. The summed E-state index contributed by atoms with van der Waals surface area (Å²) in [6.45, 7) is 30.6. The normalized spacial score (nSPS) is 21.3. The van der Waals surface area contributed by atoms with E-state index >= 15 is 0 Å². The van der Waals surface area contributed by atoms with Crippen LogP contribution in [0.15, 0.2) is 127 Å². The molecule has 14 heterocycles. The Morgan fingerprint density at radius 1 is 0.289 bits per heavy atom. The lowest BCUT2D eigenvalue weighted by atomic mass is 9.91. The van der Waals surface area contributed by atoms with Crippen LogP contribution < -0.4 is 34.3 Å². The Bertz CT molecular complexity index is 5040. The second kappa shape index (κ2) is 33.4. The number of fused-ring (bicyclic) bond motifs is 12. The van der Waals surface area contributed by atoms with Crippen LogP contribution in [0, 0.1) is 6.92 Å². The van der Waals surface area contributed by atoms with E-state index in [-0.39, 0.29) is 0 Å². The Morgan fingerprint density at radius 3 is 0.947 bits per heavy atom. The molecule has 4 aliphatic carbocycles. The van der Waals surface area contributed by atoms with E-state index in [2.05, 4.69) is 196 Å². The van der Waals surface area contributed by atoms with Crippen LogP contribution in [0.3, 0.4) is 0 Å². The summed E-state index contributed by atoms with van der Waals surface area (Å²) in [5.74, 6) is 6.08. The van der Waals surface area contributed by atoms with E-state index in [4.69, 9.17) is 19.9 Å². The highest BCUT2D eigenvalue weighted by molar-refractivity contribution is 7.13. The van der Waals surface area contributed by atoms with E-state index < -0.39 is 0 Å². The number of aromatic nitrogens is 11. The number of imidazole rings is 4. The molecule has 0 N–H and O–H groups in total. The Balaban J connectivity index is 0.0000000989. The highest BCUT2D eigenvalue weighted by atomic mass is 32.1. The molecule has 4 saturated carbocycles. The van der Waals surface area contributed by atoms with Gasteiger partial charge in [-0.3, -0.25) is 24.6 Å². The number of anilines is 7.